The molecular weight excluding hydrogens is 264 g/mol. The maximum absolute atomic E-state index is 12.2. The predicted octanol–water partition coefficient (Wildman–Crippen LogP) is 0.788. The predicted molar refractivity (Wildman–Crippen MR) is 71.2 cm³/mol. The van der Waals surface area contributed by atoms with Gasteiger partial charge in [0.2, 0.25) is 0 Å². The number of piperidine rings is 1. The van der Waals surface area contributed by atoms with Crippen molar-refractivity contribution in [1.29, 1.82) is 0 Å². The first-order valence-corrected chi connectivity index (χ1v) is 6.75. The van der Waals surface area contributed by atoms with Crippen LogP contribution in [0.3, 0.4) is 0 Å². The molecule has 1 saturated heterocycles. The van der Waals surface area contributed by atoms with Crippen LogP contribution in [0.1, 0.15) is 25.7 Å². The number of likely N-dealkylation sites (tertiary alicyclic amines) is 1. The molecule has 1 rings (SSSR count). The van der Waals surface area contributed by atoms with Crippen LogP contribution >= 0.6 is 0 Å². The first-order chi connectivity index (χ1) is 9.45. The summed E-state index contributed by atoms with van der Waals surface area (Å²) >= 11 is 0. The number of carbonyl (C=O) groups excluding carboxylic acids is 2. The topological polar surface area (TPSA) is 87.2 Å². The van der Waals surface area contributed by atoms with E-state index in [2.05, 4.69) is 4.74 Å². The zero-order valence-electron chi connectivity index (χ0n) is 12.0. The van der Waals surface area contributed by atoms with E-state index in [4.69, 9.17) is 5.11 Å². The van der Waals surface area contributed by atoms with Gasteiger partial charge in [-0.15, -0.1) is 0 Å². The van der Waals surface area contributed by atoms with Crippen molar-refractivity contribution >= 4 is 18.0 Å². The zero-order chi connectivity index (χ0) is 15.1. The van der Waals surface area contributed by atoms with Crippen LogP contribution in [0.15, 0.2) is 0 Å². The van der Waals surface area contributed by atoms with E-state index in [1.165, 1.54) is 12.0 Å². The Hall–Kier alpha value is -1.79. The van der Waals surface area contributed by atoms with E-state index in [9.17, 15) is 14.4 Å². The Bertz CT molecular complexity index is 372. The molecule has 1 atom stereocenters. The number of carbonyl (C=O) groups is 3. The van der Waals surface area contributed by atoms with Crippen molar-refractivity contribution in [2.75, 3.05) is 33.8 Å². The van der Waals surface area contributed by atoms with E-state index in [-0.39, 0.29) is 25.0 Å². The molecule has 20 heavy (non-hydrogen) atoms. The summed E-state index contributed by atoms with van der Waals surface area (Å²) in [5.41, 5.74) is 0. The zero-order valence-corrected chi connectivity index (χ0v) is 12.0. The summed E-state index contributed by atoms with van der Waals surface area (Å²) in [5.74, 6) is -1.62. The first-order valence-electron chi connectivity index (χ1n) is 6.75. The Morgan fingerprint density at radius 3 is 2.70 bits per heavy atom. The molecular formula is C13H22N2O5. The molecule has 7 nitrogen and oxygen atoms in total. The molecule has 0 aliphatic carbocycles. The fourth-order valence-electron chi connectivity index (χ4n) is 2.25. The van der Waals surface area contributed by atoms with Crippen molar-refractivity contribution in [3.8, 4) is 0 Å². The van der Waals surface area contributed by atoms with Crippen molar-refractivity contribution in [2.24, 2.45) is 5.92 Å². The van der Waals surface area contributed by atoms with Crippen molar-refractivity contribution in [3.63, 3.8) is 0 Å². The molecule has 114 valence electrons. The summed E-state index contributed by atoms with van der Waals surface area (Å²) < 4.78 is 4.53. The highest BCUT2D eigenvalue weighted by atomic mass is 16.5. The molecule has 0 radical (unpaired) electrons. The Morgan fingerprint density at radius 2 is 2.10 bits per heavy atom. The number of amides is 2. The molecule has 0 unspecified atom stereocenters. The van der Waals surface area contributed by atoms with Gasteiger partial charge in [-0.2, -0.15) is 0 Å². The van der Waals surface area contributed by atoms with E-state index in [0.29, 0.717) is 32.4 Å². The molecule has 0 bridgehead atoms. The molecule has 1 fully saturated rings. The molecule has 7 heteroatoms. The lowest BCUT2D eigenvalue weighted by Crippen LogP contribution is -2.47. The number of methoxy groups -OCH3 is 1. The largest absolute Gasteiger partial charge is 0.481 e. The normalized spacial score (nSPS) is 18.5. The van der Waals surface area contributed by atoms with Gasteiger partial charge in [0.05, 0.1) is 13.0 Å². The average Bonchev–Trinajstić information content (AvgIpc) is 2.46. The van der Waals surface area contributed by atoms with Gasteiger partial charge >= 0.3 is 18.0 Å². The van der Waals surface area contributed by atoms with Crippen LogP contribution in [0.5, 0.6) is 0 Å². The van der Waals surface area contributed by atoms with E-state index in [0.717, 1.165) is 0 Å². The van der Waals surface area contributed by atoms with E-state index < -0.39 is 11.9 Å². The quantitative estimate of drug-likeness (QED) is 0.755. The van der Waals surface area contributed by atoms with Crippen molar-refractivity contribution < 1.29 is 24.2 Å². The van der Waals surface area contributed by atoms with Crippen LogP contribution in [-0.2, 0) is 14.3 Å². The van der Waals surface area contributed by atoms with Gasteiger partial charge in [0, 0.05) is 33.1 Å². The third-order valence-electron chi connectivity index (χ3n) is 3.47. The van der Waals surface area contributed by atoms with Crippen molar-refractivity contribution in [2.45, 2.75) is 25.7 Å². The number of hydrogen-bond donors (Lipinski definition) is 1. The van der Waals surface area contributed by atoms with Gasteiger partial charge in [0.15, 0.2) is 0 Å². The first kappa shape index (κ1) is 16.3. The maximum Gasteiger partial charge on any atom is 0.319 e. The summed E-state index contributed by atoms with van der Waals surface area (Å²) in [5, 5.41) is 9.00. The number of carboxylic acids is 1. The second-order valence-electron chi connectivity index (χ2n) is 5.01. The summed E-state index contributed by atoms with van der Waals surface area (Å²) in [4.78, 5) is 37.2. The number of hydrogen-bond acceptors (Lipinski definition) is 4. The van der Waals surface area contributed by atoms with E-state index >= 15 is 0 Å². The number of ether oxygens (including phenoxy) is 1. The molecule has 1 N–H and O–H groups in total. The molecule has 0 spiro atoms. The Morgan fingerprint density at radius 1 is 1.40 bits per heavy atom. The Labute approximate surface area is 118 Å². The summed E-state index contributed by atoms with van der Waals surface area (Å²) in [6, 6.07) is -0.180. The minimum absolute atomic E-state index is 0.180. The number of rotatable bonds is 5. The van der Waals surface area contributed by atoms with Gasteiger partial charge in [0.25, 0.3) is 0 Å². The number of urea groups is 1. The van der Waals surface area contributed by atoms with Crippen LogP contribution in [0.25, 0.3) is 0 Å². The number of esters is 1. The molecule has 0 aromatic rings. The number of carboxylic acid groups (broad SMARTS) is 1. The maximum atomic E-state index is 12.2. The highest BCUT2D eigenvalue weighted by molar-refractivity contribution is 5.76. The van der Waals surface area contributed by atoms with Gasteiger partial charge in [-0.05, 0) is 19.3 Å². The molecule has 1 aliphatic rings. The van der Waals surface area contributed by atoms with Crippen LogP contribution in [-0.4, -0.2) is 66.7 Å². The fraction of sp³-hybridized carbons (Fsp3) is 0.769. The van der Waals surface area contributed by atoms with Gasteiger partial charge < -0.3 is 19.6 Å². The Kier molecular flexibility index (Phi) is 6.27. The highest BCUT2D eigenvalue weighted by Crippen LogP contribution is 2.17. The minimum Gasteiger partial charge on any atom is -0.481 e. The lowest BCUT2D eigenvalue weighted by atomic mass is 9.99. The Balaban J connectivity index is 2.39. The van der Waals surface area contributed by atoms with Crippen LogP contribution in [0, 0.1) is 5.92 Å². The minimum atomic E-state index is -0.851. The summed E-state index contributed by atoms with van der Waals surface area (Å²) in [7, 11) is 2.99. The third kappa shape index (κ3) is 4.71. The lowest BCUT2D eigenvalue weighted by Gasteiger charge is -2.33. The van der Waals surface area contributed by atoms with Gasteiger partial charge in [-0.25, -0.2) is 4.79 Å². The molecule has 1 aliphatic heterocycles. The fourth-order valence-corrected chi connectivity index (χ4v) is 2.25. The van der Waals surface area contributed by atoms with Crippen molar-refractivity contribution in [1.82, 2.24) is 9.80 Å². The van der Waals surface area contributed by atoms with Crippen LogP contribution in [0.4, 0.5) is 4.79 Å². The van der Waals surface area contributed by atoms with Crippen molar-refractivity contribution in [3.05, 3.63) is 0 Å². The van der Waals surface area contributed by atoms with Gasteiger partial charge in [-0.1, -0.05) is 0 Å². The summed E-state index contributed by atoms with van der Waals surface area (Å²) in [6.07, 6.45) is 2.13. The van der Waals surface area contributed by atoms with Crippen LogP contribution < -0.4 is 0 Å². The third-order valence-corrected chi connectivity index (χ3v) is 3.47. The second kappa shape index (κ2) is 7.72. The van der Waals surface area contributed by atoms with E-state index in [1.54, 1.807) is 11.9 Å². The molecule has 0 aromatic heterocycles. The standard InChI is InChI=1S/C13H22N2O5/c1-14(7-4-6-11(16)20-2)13(19)15-8-3-5-10(9-15)12(17)18/h10H,3-9H2,1-2H3,(H,17,18)/t10-/m0/s1. The van der Waals surface area contributed by atoms with E-state index in [1.807, 2.05) is 0 Å². The molecule has 0 aromatic carbocycles. The lowest BCUT2D eigenvalue weighted by molar-refractivity contribution is -0.143. The molecule has 0 saturated carbocycles. The smallest absolute Gasteiger partial charge is 0.319 e. The number of aliphatic carboxylic acids is 1. The monoisotopic (exact) mass is 286 g/mol. The number of nitrogens with zero attached hydrogens (tertiary/aromatic N) is 2. The molecule has 2 amide bonds. The second-order valence-corrected chi connectivity index (χ2v) is 5.01. The average molecular weight is 286 g/mol. The van der Waals surface area contributed by atoms with Crippen LogP contribution in [0.2, 0.25) is 0 Å². The SMILES string of the molecule is COC(=O)CCCN(C)C(=O)N1CCC[C@H](C(=O)O)C1. The van der Waals surface area contributed by atoms with Gasteiger partial charge in [0.1, 0.15) is 0 Å². The molecule has 1 heterocycles. The highest BCUT2D eigenvalue weighted by Gasteiger charge is 2.29. The summed E-state index contributed by atoms with van der Waals surface area (Å²) in [6.45, 7) is 1.29. The van der Waals surface area contributed by atoms with Gasteiger partial charge in [-0.3, -0.25) is 9.59 Å².